The van der Waals surface area contributed by atoms with Crippen molar-refractivity contribution in [3.8, 4) is 17.2 Å². The van der Waals surface area contributed by atoms with Gasteiger partial charge in [0.1, 0.15) is 20.3 Å². The molecule has 0 aromatic heterocycles. The Morgan fingerprint density at radius 2 is 1.62 bits per heavy atom. The van der Waals surface area contributed by atoms with Gasteiger partial charge in [-0.05, 0) is 38.8 Å². The van der Waals surface area contributed by atoms with Crippen molar-refractivity contribution in [2.24, 2.45) is 0 Å². The number of halogens is 2. The summed E-state index contributed by atoms with van der Waals surface area (Å²) in [6.07, 6.45) is 0. The molecule has 0 aliphatic rings. The topological polar surface area (TPSA) is 55.8 Å². The maximum atomic E-state index is 11.4. The Hall–Kier alpha value is -0.750. The summed E-state index contributed by atoms with van der Waals surface area (Å²) in [7, 11) is 2.87. The molecule has 1 rings (SSSR count). The van der Waals surface area contributed by atoms with Crippen LogP contribution >= 0.6 is 31.9 Å². The number of hydrogen-bond acceptors (Lipinski definition) is 4. The lowest BCUT2D eigenvalue weighted by Crippen LogP contribution is -2.01. The zero-order chi connectivity index (χ0) is 12.5. The van der Waals surface area contributed by atoms with Crippen molar-refractivity contribution in [1.29, 1.82) is 0 Å². The van der Waals surface area contributed by atoms with Gasteiger partial charge in [-0.3, -0.25) is 4.79 Å². The van der Waals surface area contributed by atoms with Crippen molar-refractivity contribution < 1.29 is 19.4 Å². The largest absolute Gasteiger partial charge is 0.506 e. The first-order chi connectivity index (χ1) is 7.45. The summed E-state index contributed by atoms with van der Waals surface area (Å²) in [5.74, 6) is 0.146. The molecule has 0 saturated carbocycles. The first kappa shape index (κ1) is 13.3. The van der Waals surface area contributed by atoms with Crippen molar-refractivity contribution in [1.82, 2.24) is 0 Å². The van der Waals surface area contributed by atoms with Crippen molar-refractivity contribution in [2.45, 2.75) is 6.92 Å². The molecule has 1 N–H and O–H groups in total. The Morgan fingerprint density at radius 3 is 2.00 bits per heavy atom. The van der Waals surface area contributed by atoms with Gasteiger partial charge in [0.2, 0.25) is 0 Å². The highest BCUT2D eigenvalue weighted by Gasteiger charge is 2.25. The first-order valence-corrected chi connectivity index (χ1v) is 5.87. The van der Waals surface area contributed by atoms with Gasteiger partial charge in [-0.2, -0.15) is 0 Å². The van der Waals surface area contributed by atoms with Crippen molar-refractivity contribution >= 4 is 37.6 Å². The molecule has 0 heterocycles. The Balaban J connectivity index is 3.70. The molecule has 1 aromatic rings. The molecule has 6 heteroatoms. The molecule has 88 valence electrons. The third-order valence-corrected chi connectivity index (χ3v) is 3.49. The minimum atomic E-state index is -0.293. The fourth-order valence-electron chi connectivity index (χ4n) is 1.33. The van der Waals surface area contributed by atoms with E-state index < -0.39 is 0 Å². The lowest BCUT2D eigenvalue weighted by Gasteiger charge is -2.15. The number of benzene rings is 1. The smallest absolute Gasteiger partial charge is 0.167 e. The van der Waals surface area contributed by atoms with Gasteiger partial charge in [-0.1, -0.05) is 0 Å². The molecule has 0 aliphatic heterocycles. The van der Waals surface area contributed by atoms with Crippen LogP contribution in [0.3, 0.4) is 0 Å². The number of Topliss-reactive ketones (excluding diaryl/α,β-unsaturated/α-hetero) is 1. The van der Waals surface area contributed by atoms with Crippen LogP contribution < -0.4 is 9.47 Å². The number of rotatable bonds is 3. The van der Waals surface area contributed by atoms with Crippen LogP contribution in [0.2, 0.25) is 0 Å². The molecule has 0 saturated heterocycles. The van der Waals surface area contributed by atoms with E-state index in [0.717, 1.165) is 0 Å². The highest BCUT2D eigenvalue weighted by atomic mass is 79.9. The molecule has 0 amide bonds. The second-order valence-electron chi connectivity index (χ2n) is 2.97. The van der Waals surface area contributed by atoms with E-state index in [2.05, 4.69) is 31.9 Å². The Kier molecular flexibility index (Phi) is 4.21. The van der Waals surface area contributed by atoms with Crippen LogP contribution in [-0.2, 0) is 0 Å². The average Bonchev–Trinajstić information content (AvgIpc) is 2.23. The van der Waals surface area contributed by atoms with Gasteiger partial charge < -0.3 is 14.6 Å². The van der Waals surface area contributed by atoms with E-state index in [1.165, 1.54) is 21.1 Å². The molecule has 0 spiro atoms. The predicted octanol–water partition coefficient (Wildman–Crippen LogP) is 3.14. The fraction of sp³-hybridized carbons (Fsp3) is 0.300. The molecule has 1 aromatic carbocycles. The molecule has 0 atom stereocenters. The summed E-state index contributed by atoms with van der Waals surface area (Å²) in [5.41, 5.74) is 0.113. The van der Waals surface area contributed by atoms with Gasteiger partial charge in [0.05, 0.1) is 14.2 Å². The van der Waals surface area contributed by atoms with E-state index in [9.17, 15) is 9.90 Å². The van der Waals surface area contributed by atoms with Crippen LogP contribution in [-0.4, -0.2) is 25.1 Å². The Labute approximate surface area is 110 Å². The number of ether oxygens (including phenoxy) is 2. The summed E-state index contributed by atoms with van der Waals surface area (Å²) >= 11 is 6.42. The maximum Gasteiger partial charge on any atom is 0.167 e. The standard InChI is InChI=1S/C10H10Br2O4/c1-4(13)5-8(14)6(11)10(16-3)7(12)9(5)15-2/h14H,1-3H3. The quantitative estimate of drug-likeness (QED) is 0.848. The third kappa shape index (κ3) is 2.04. The molecular formula is C10H10Br2O4. The van der Waals surface area contributed by atoms with Crippen LogP contribution in [0, 0.1) is 0 Å². The molecule has 16 heavy (non-hydrogen) atoms. The summed E-state index contributed by atoms with van der Waals surface area (Å²) in [6, 6.07) is 0. The van der Waals surface area contributed by atoms with Gasteiger partial charge in [-0.25, -0.2) is 0 Å². The minimum absolute atomic E-state index is 0.113. The highest BCUT2D eigenvalue weighted by molar-refractivity contribution is 9.11. The van der Waals surface area contributed by atoms with E-state index >= 15 is 0 Å². The number of phenols is 1. The average molecular weight is 354 g/mol. The molecular weight excluding hydrogens is 344 g/mol. The summed E-state index contributed by atoms with van der Waals surface area (Å²) in [4.78, 5) is 11.4. The molecule has 0 aliphatic carbocycles. The van der Waals surface area contributed by atoms with E-state index in [0.29, 0.717) is 14.7 Å². The van der Waals surface area contributed by atoms with E-state index in [1.807, 2.05) is 0 Å². The fourth-order valence-corrected chi connectivity index (χ4v) is 2.88. The molecule has 0 radical (unpaired) electrons. The van der Waals surface area contributed by atoms with E-state index in [4.69, 9.17) is 9.47 Å². The molecule has 0 bridgehead atoms. The second kappa shape index (κ2) is 5.05. The van der Waals surface area contributed by atoms with Gasteiger partial charge in [-0.15, -0.1) is 0 Å². The Morgan fingerprint density at radius 1 is 1.12 bits per heavy atom. The number of ketones is 1. The summed E-state index contributed by atoms with van der Waals surface area (Å²) in [5, 5.41) is 9.87. The van der Waals surface area contributed by atoms with Crippen molar-refractivity contribution in [3.05, 3.63) is 14.5 Å². The van der Waals surface area contributed by atoms with Crippen LogP contribution in [0.25, 0.3) is 0 Å². The van der Waals surface area contributed by atoms with Gasteiger partial charge in [0, 0.05) is 0 Å². The van der Waals surface area contributed by atoms with Crippen LogP contribution in [0.15, 0.2) is 8.95 Å². The zero-order valence-corrected chi connectivity index (χ0v) is 12.1. The van der Waals surface area contributed by atoms with Gasteiger partial charge in [0.15, 0.2) is 17.3 Å². The number of phenolic OH excluding ortho intramolecular Hbond substituents is 1. The van der Waals surface area contributed by atoms with Gasteiger partial charge in [0.25, 0.3) is 0 Å². The normalized spacial score (nSPS) is 10.1. The number of carbonyl (C=O) groups excluding carboxylic acids is 1. The monoisotopic (exact) mass is 352 g/mol. The lowest BCUT2D eigenvalue weighted by molar-refractivity contribution is 0.101. The lowest BCUT2D eigenvalue weighted by atomic mass is 10.1. The minimum Gasteiger partial charge on any atom is -0.506 e. The number of methoxy groups -OCH3 is 2. The summed E-state index contributed by atoms with van der Waals surface area (Å²) in [6.45, 7) is 1.35. The Bertz CT molecular complexity index is 443. The van der Waals surface area contributed by atoms with Crippen LogP contribution in [0.4, 0.5) is 0 Å². The third-order valence-electron chi connectivity index (χ3n) is 2.03. The molecule has 4 nitrogen and oxygen atoms in total. The van der Waals surface area contributed by atoms with E-state index in [1.54, 1.807) is 0 Å². The maximum absolute atomic E-state index is 11.4. The van der Waals surface area contributed by atoms with E-state index in [-0.39, 0.29) is 22.8 Å². The first-order valence-electron chi connectivity index (χ1n) is 4.28. The SMILES string of the molecule is COc1c(Br)c(O)c(C(C)=O)c(OC)c1Br. The van der Waals surface area contributed by atoms with Gasteiger partial charge >= 0.3 is 0 Å². The molecule has 0 fully saturated rings. The highest BCUT2D eigenvalue weighted by Crippen LogP contribution is 2.48. The van der Waals surface area contributed by atoms with Crippen LogP contribution in [0.5, 0.6) is 17.2 Å². The zero-order valence-electron chi connectivity index (χ0n) is 8.93. The number of carbonyl (C=O) groups is 1. The van der Waals surface area contributed by atoms with Crippen molar-refractivity contribution in [3.63, 3.8) is 0 Å². The van der Waals surface area contributed by atoms with Crippen LogP contribution in [0.1, 0.15) is 17.3 Å². The predicted molar refractivity (Wildman–Crippen MR) is 66.6 cm³/mol. The second-order valence-corrected chi connectivity index (χ2v) is 4.56. The summed E-state index contributed by atoms with van der Waals surface area (Å²) < 4.78 is 11.0. The van der Waals surface area contributed by atoms with Crippen molar-refractivity contribution in [2.75, 3.05) is 14.2 Å². The number of aromatic hydroxyl groups is 1. The number of hydrogen-bond donors (Lipinski definition) is 1. The molecule has 0 unspecified atom stereocenters.